The minimum absolute atomic E-state index is 0.174. The van der Waals surface area contributed by atoms with E-state index in [1.54, 1.807) is 17.1 Å². The maximum absolute atomic E-state index is 12.8. The summed E-state index contributed by atoms with van der Waals surface area (Å²) in [5.74, 6) is -0.174. The van der Waals surface area contributed by atoms with Crippen molar-refractivity contribution in [2.24, 2.45) is 0 Å². The molecule has 0 unspecified atom stereocenters. The summed E-state index contributed by atoms with van der Waals surface area (Å²) in [5, 5.41) is 7.64. The Morgan fingerprint density at radius 2 is 1.61 bits per heavy atom. The van der Waals surface area contributed by atoms with E-state index in [4.69, 9.17) is 0 Å². The summed E-state index contributed by atoms with van der Waals surface area (Å²) in [6, 6.07) is 19.7. The van der Waals surface area contributed by atoms with Crippen molar-refractivity contribution in [3.8, 4) is 11.4 Å². The molecule has 0 saturated carbocycles. The lowest BCUT2D eigenvalue weighted by Crippen LogP contribution is -2.25. The van der Waals surface area contributed by atoms with Crippen molar-refractivity contribution in [1.82, 2.24) is 24.6 Å². The van der Waals surface area contributed by atoms with E-state index in [-0.39, 0.29) is 5.91 Å². The standard InChI is InChI=1S/C22H21N5O/c1-16-20(17(2)27(25-16)19-11-7-4-8-12-19)13-24-22(28)21-14-23-15-26(21)18-9-5-3-6-10-18/h3-12,14-15H,13H2,1-2H3,(H,24,28). The highest BCUT2D eigenvalue weighted by molar-refractivity contribution is 5.93. The first kappa shape index (κ1) is 17.7. The lowest BCUT2D eigenvalue weighted by molar-refractivity contribution is 0.0944. The number of nitrogens with one attached hydrogen (secondary N) is 1. The minimum atomic E-state index is -0.174. The molecular weight excluding hydrogens is 350 g/mol. The van der Waals surface area contributed by atoms with E-state index in [9.17, 15) is 4.79 Å². The normalized spacial score (nSPS) is 10.8. The molecule has 28 heavy (non-hydrogen) atoms. The van der Waals surface area contributed by atoms with Gasteiger partial charge in [0.05, 0.1) is 23.9 Å². The number of carbonyl (C=O) groups is 1. The van der Waals surface area contributed by atoms with Gasteiger partial charge < -0.3 is 5.32 Å². The topological polar surface area (TPSA) is 64.7 Å². The van der Waals surface area contributed by atoms with Crippen LogP contribution in [0.4, 0.5) is 0 Å². The first-order valence-electron chi connectivity index (χ1n) is 9.11. The van der Waals surface area contributed by atoms with Crippen LogP contribution in [0.3, 0.4) is 0 Å². The van der Waals surface area contributed by atoms with Crippen molar-refractivity contribution >= 4 is 5.91 Å². The number of carbonyl (C=O) groups excluding carboxylic acids is 1. The molecule has 6 nitrogen and oxygen atoms in total. The van der Waals surface area contributed by atoms with Gasteiger partial charge in [0.15, 0.2) is 0 Å². The van der Waals surface area contributed by atoms with Crippen LogP contribution in [-0.4, -0.2) is 25.2 Å². The van der Waals surface area contributed by atoms with Crippen LogP contribution in [0.1, 0.15) is 27.4 Å². The van der Waals surface area contributed by atoms with Crippen LogP contribution in [0.2, 0.25) is 0 Å². The average Bonchev–Trinajstić information content (AvgIpc) is 3.33. The van der Waals surface area contributed by atoms with Gasteiger partial charge in [-0.3, -0.25) is 9.36 Å². The lowest BCUT2D eigenvalue weighted by atomic mass is 10.2. The Labute approximate surface area is 163 Å². The van der Waals surface area contributed by atoms with Crippen LogP contribution < -0.4 is 5.32 Å². The zero-order valence-corrected chi connectivity index (χ0v) is 15.8. The van der Waals surface area contributed by atoms with E-state index in [2.05, 4.69) is 15.4 Å². The summed E-state index contributed by atoms with van der Waals surface area (Å²) in [4.78, 5) is 16.9. The SMILES string of the molecule is Cc1nn(-c2ccccc2)c(C)c1CNC(=O)c1cncn1-c1ccccc1. The second-order valence-corrected chi connectivity index (χ2v) is 6.56. The molecule has 0 atom stereocenters. The van der Waals surface area contributed by atoms with Crippen molar-refractivity contribution < 1.29 is 4.79 Å². The number of rotatable bonds is 5. The van der Waals surface area contributed by atoms with E-state index >= 15 is 0 Å². The Morgan fingerprint density at radius 1 is 0.964 bits per heavy atom. The maximum Gasteiger partial charge on any atom is 0.270 e. The maximum atomic E-state index is 12.8. The van der Waals surface area contributed by atoms with Gasteiger partial charge in [-0.2, -0.15) is 5.10 Å². The molecule has 0 bridgehead atoms. The quantitative estimate of drug-likeness (QED) is 0.583. The van der Waals surface area contributed by atoms with Gasteiger partial charge in [0.25, 0.3) is 5.91 Å². The predicted molar refractivity (Wildman–Crippen MR) is 108 cm³/mol. The molecule has 140 valence electrons. The Balaban J connectivity index is 1.54. The first-order valence-corrected chi connectivity index (χ1v) is 9.11. The molecular formula is C22H21N5O. The average molecular weight is 371 g/mol. The van der Waals surface area contributed by atoms with Gasteiger partial charge in [-0.15, -0.1) is 0 Å². The zero-order chi connectivity index (χ0) is 19.5. The van der Waals surface area contributed by atoms with Gasteiger partial charge in [-0.1, -0.05) is 36.4 Å². The molecule has 0 aliphatic rings. The molecule has 0 aliphatic carbocycles. The van der Waals surface area contributed by atoms with E-state index < -0.39 is 0 Å². The van der Waals surface area contributed by atoms with Gasteiger partial charge in [-0.25, -0.2) is 9.67 Å². The summed E-state index contributed by atoms with van der Waals surface area (Å²) in [6.07, 6.45) is 3.23. The molecule has 0 radical (unpaired) electrons. The minimum Gasteiger partial charge on any atom is -0.346 e. The summed E-state index contributed by atoms with van der Waals surface area (Å²) in [6.45, 7) is 4.38. The highest BCUT2D eigenvalue weighted by atomic mass is 16.1. The Bertz CT molecular complexity index is 1100. The Morgan fingerprint density at radius 3 is 2.29 bits per heavy atom. The van der Waals surface area contributed by atoms with Crippen molar-refractivity contribution in [2.75, 3.05) is 0 Å². The highest BCUT2D eigenvalue weighted by Gasteiger charge is 2.16. The molecule has 0 saturated heterocycles. The molecule has 0 spiro atoms. The van der Waals surface area contributed by atoms with Gasteiger partial charge in [0, 0.05) is 23.5 Å². The van der Waals surface area contributed by atoms with E-state index in [0.29, 0.717) is 12.2 Å². The lowest BCUT2D eigenvalue weighted by Gasteiger charge is -2.09. The molecule has 0 fully saturated rings. The number of para-hydroxylation sites is 2. The third-order valence-electron chi connectivity index (χ3n) is 4.77. The number of aryl methyl sites for hydroxylation is 1. The van der Waals surface area contributed by atoms with Crippen molar-refractivity contribution in [3.63, 3.8) is 0 Å². The number of imidazole rings is 1. The highest BCUT2D eigenvalue weighted by Crippen LogP contribution is 2.18. The monoisotopic (exact) mass is 371 g/mol. The van der Waals surface area contributed by atoms with E-state index in [1.165, 1.54) is 0 Å². The second-order valence-electron chi connectivity index (χ2n) is 6.56. The molecule has 2 aromatic carbocycles. The van der Waals surface area contributed by atoms with Crippen LogP contribution in [0.15, 0.2) is 73.2 Å². The Kier molecular flexibility index (Phi) is 4.76. The third-order valence-corrected chi connectivity index (χ3v) is 4.77. The molecule has 6 heteroatoms. The van der Waals surface area contributed by atoms with Crippen LogP contribution >= 0.6 is 0 Å². The summed E-state index contributed by atoms with van der Waals surface area (Å²) in [7, 11) is 0. The fourth-order valence-electron chi connectivity index (χ4n) is 3.27. The first-order chi connectivity index (χ1) is 13.6. The summed E-state index contributed by atoms with van der Waals surface area (Å²) >= 11 is 0. The zero-order valence-electron chi connectivity index (χ0n) is 15.8. The predicted octanol–water partition coefficient (Wildman–Crippen LogP) is 3.60. The molecule has 1 amide bonds. The third kappa shape index (κ3) is 3.32. The molecule has 2 heterocycles. The van der Waals surface area contributed by atoms with E-state index in [0.717, 1.165) is 28.3 Å². The number of nitrogens with zero attached hydrogens (tertiary/aromatic N) is 4. The fraction of sp³-hybridized carbons (Fsp3) is 0.136. The largest absolute Gasteiger partial charge is 0.346 e. The molecule has 4 rings (SSSR count). The number of hydrogen-bond donors (Lipinski definition) is 1. The molecule has 4 aromatic rings. The van der Waals surface area contributed by atoms with Crippen molar-refractivity contribution in [1.29, 1.82) is 0 Å². The number of hydrogen-bond acceptors (Lipinski definition) is 3. The smallest absolute Gasteiger partial charge is 0.270 e. The van der Waals surface area contributed by atoms with Crippen molar-refractivity contribution in [2.45, 2.75) is 20.4 Å². The van der Waals surface area contributed by atoms with Gasteiger partial charge in [0.2, 0.25) is 0 Å². The van der Waals surface area contributed by atoms with Gasteiger partial charge in [0.1, 0.15) is 5.69 Å². The molecule has 1 N–H and O–H groups in total. The fourth-order valence-corrected chi connectivity index (χ4v) is 3.27. The number of aromatic nitrogens is 4. The molecule has 2 aromatic heterocycles. The van der Waals surface area contributed by atoms with E-state index in [1.807, 2.05) is 79.2 Å². The van der Waals surface area contributed by atoms with Crippen LogP contribution in [0, 0.1) is 13.8 Å². The van der Waals surface area contributed by atoms with Gasteiger partial charge in [-0.05, 0) is 38.1 Å². The number of benzene rings is 2. The van der Waals surface area contributed by atoms with Crippen LogP contribution in [0.25, 0.3) is 11.4 Å². The van der Waals surface area contributed by atoms with Crippen molar-refractivity contribution in [3.05, 3.63) is 95.8 Å². The number of amides is 1. The van der Waals surface area contributed by atoms with Crippen LogP contribution in [-0.2, 0) is 6.54 Å². The van der Waals surface area contributed by atoms with Crippen LogP contribution in [0.5, 0.6) is 0 Å². The summed E-state index contributed by atoms with van der Waals surface area (Å²) < 4.78 is 3.69. The van der Waals surface area contributed by atoms with Gasteiger partial charge >= 0.3 is 0 Å². The Hall–Kier alpha value is -3.67. The summed E-state index contributed by atoms with van der Waals surface area (Å²) in [5.41, 5.74) is 5.33. The molecule has 0 aliphatic heterocycles. The second kappa shape index (κ2) is 7.52.